The van der Waals surface area contributed by atoms with Gasteiger partial charge in [0.15, 0.2) is 6.29 Å². The third-order valence-electron chi connectivity index (χ3n) is 8.61. The molecule has 1 rings (SSSR count). The minimum atomic E-state index is -1.56. The van der Waals surface area contributed by atoms with Crippen molar-refractivity contribution in [3.05, 3.63) is 12.2 Å². The first kappa shape index (κ1) is 41.0. The van der Waals surface area contributed by atoms with Crippen molar-refractivity contribution in [2.24, 2.45) is 0 Å². The van der Waals surface area contributed by atoms with Crippen LogP contribution in [-0.4, -0.2) is 87.5 Å². The van der Waals surface area contributed by atoms with Crippen LogP contribution in [0, 0.1) is 0 Å². The van der Waals surface area contributed by atoms with E-state index in [2.05, 4.69) is 19.2 Å². The molecule has 0 aliphatic carbocycles. The number of rotatable bonds is 28. The van der Waals surface area contributed by atoms with E-state index in [0.717, 1.165) is 38.5 Å². The normalized spacial score (nSPS) is 23.7. The molecule has 1 aliphatic rings. The lowest BCUT2D eigenvalue weighted by Gasteiger charge is -2.40. The van der Waals surface area contributed by atoms with Gasteiger partial charge in [-0.05, 0) is 19.3 Å². The average Bonchev–Trinajstić information content (AvgIpc) is 3.02. The minimum absolute atomic E-state index is 0.181. The van der Waals surface area contributed by atoms with E-state index in [4.69, 9.17) is 9.47 Å². The van der Waals surface area contributed by atoms with Crippen molar-refractivity contribution in [3.8, 4) is 0 Å². The Hall–Kier alpha value is -1.07. The van der Waals surface area contributed by atoms with Gasteiger partial charge in [-0.3, -0.25) is 4.79 Å². The molecule has 9 nitrogen and oxygen atoms in total. The fourth-order valence-corrected chi connectivity index (χ4v) is 5.62. The topological polar surface area (TPSA) is 149 Å². The molecule has 1 heterocycles. The number of carbonyl (C=O) groups excluding carboxylic acids is 1. The molecule has 1 fully saturated rings. The number of carbonyl (C=O) groups is 1. The van der Waals surface area contributed by atoms with Crippen LogP contribution in [0.15, 0.2) is 12.2 Å². The molecule has 0 aromatic rings. The van der Waals surface area contributed by atoms with E-state index in [0.29, 0.717) is 6.42 Å². The van der Waals surface area contributed by atoms with Crippen molar-refractivity contribution in [1.82, 2.24) is 5.32 Å². The molecule has 0 aromatic carbocycles. The van der Waals surface area contributed by atoms with Crippen LogP contribution in [0.3, 0.4) is 0 Å². The number of nitrogens with one attached hydrogen (secondary N) is 1. The summed E-state index contributed by atoms with van der Waals surface area (Å²) in [5.74, 6) is -0.181. The fraction of sp³-hybridized carbons (Fsp3) is 0.914. The van der Waals surface area contributed by atoms with Crippen LogP contribution in [0.5, 0.6) is 0 Å². The number of aliphatic hydroxyl groups excluding tert-OH is 5. The molecule has 0 bridgehead atoms. The van der Waals surface area contributed by atoms with E-state index >= 15 is 0 Å². The van der Waals surface area contributed by atoms with Gasteiger partial charge in [0.05, 0.1) is 25.4 Å². The first-order valence-corrected chi connectivity index (χ1v) is 17.9. The Kier molecular flexibility index (Phi) is 25.2. The first-order valence-electron chi connectivity index (χ1n) is 17.9. The second-order valence-corrected chi connectivity index (χ2v) is 12.7. The van der Waals surface area contributed by atoms with Gasteiger partial charge in [-0.25, -0.2) is 0 Å². The zero-order valence-corrected chi connectivity index (χ0v) is 27.9. The van der Waals surface area contributed by atoms with E-state index < -0.39 is 49.5 Å². The van der Waals surface area contributed by atoms with Crippen molar-refractivity contribution in [2.45, 2.75) is 192 Å². The van der Waals surface area contributed by atoms with Crippen molar-refractivity contribution in [3.63, 3.8) is 0 Å². The van der Waals surface area contributed by atoms with E-state index in [1.54, 1.807) is 6.08 Å². The highest BCUT2D eigenvalue weighted by Gasteiger charge is 2.44. The van der Waals surface area contributed by atoms with Gasteiger partial charge in [-0.2, -0.15) is 0 Å². The molecule has 1 saturated heterocycles. The van der Waals surface area contributed by atoms with Gasteiger partial charge in [0.2, 0.25) is 5.91 Å². The SMILES string of the molecule is CCCCCCCCC/C=C/[C@@H](O)[C@H](CO[C@@H]1O[C@H](CO)[C@@H](O)C(O)C1O)NC(=O)CCCCCCCCCCCCCC. The van der Waals surface area contributed by atoms with Crippen LogP contribution in [-0.2, 0) is 14.3 Å². The monoisotopic (exact) mass is 629 g/mol. The standard InChI is InChI=1S/C35H67NO8/c1-3-5-7-9-11-13-14-15-17-19-21-23-25-31(39)36-28(29(38)24-22-20-18-16-12-10-8-6-4-2)27-43-35-34(42)33(41)32(40)30(26-37)44-35/h22,24,28-30,32-35,37-38,40-42H,3-21,23,25-27H2,1-2H3,(H,36,39)/b24-22+/t28-,29+,30+,32+,33?,34?,35+/m0/s1. The maximum absolute atomic E-state index is 12.8. The summed E-state index contributed by atoms with van der Waals surface area (Å²) in [5, 5.41) is 53.6. The van der Waals surface area contributed by atoms with Crippen molar-refractivity contribution in [1.29, 1.82) is 0 Å². The summed E-state index contributed by atoms with van der Waals surface area (Å²) in [4.78, 5) is 12.8. The van der Waals surface area contributed by atoms with Crippen LogP contribution in [0.25, 0.3) is 0 Å². The summed E-state index contributed by atoms with van der Waals surface area (Å²) in [6.45, 7) is 3.70. The van der Waals surface area contributed by atoms with Gasteiger partial charge >= 0.3 is 0 Å². The van der Waals surface area contributed by atoms with E-state index in [9.17, 15) is 30.3 Å². The number of aliphatic hydroxyl groups is 5. The molecule has 0 saturated carbocycles. The van der Waals surface area contributed by atoms with Crippen LogP contribution in [0.4, 0.5) is 0 Å². The molecule has 1 amide bonds. The maximum atomic E-state index is 12.8. The van der Waals surface area contributed by atoms with Gasteiger partial charge < -0.3 is 40.3 Å². The van der Waals surface area contributed by atoms with Gasteiger partial charge in [-0.1, -0.05) is 135 Å². The number of hydrogen-bond donors (Lipinski definition) is 6. The number of ether oxygens (including phenoxy) is 2. The van der Waals surface area contributed by atoms with Crippen LogP contribution >= 0.6 is 0 Å². The molecular formula is C35H67NO8. The van der Waals surface area contributed by atoms with E-state index in [1.165, 1.54) is 89.9 Å². The summed E-state index contributed by atoms with van der Waals surface area (Å²) >= 11 is 0. The largest absolute Gasteiger partial charge is 0.394 e. The highest BCUT2D eigenvalue weighted by molar-refractivity contribution is 5.76. The van der Waals surface area contributed by atoms with Crippen molar-refractivity contribution < 1.29 is 39.8 Å². The van der Waals surface area contributed by atoms with Gasteiger partial charge in [-0.15, -0.1) is 0 Å². The third kappa shape index (κ3) is 18.8. The van der Waals surface area contributed by atoms with Crippen molar-refractivity contribution in [2.75, 3.05) is 13.2 Å². The van der Waals surface area contributed by atoms with Gasteiger partial charge in [0, 0.05) is 6.42 Å². The minimum Gasteiger partial charge on any atom is -0.394 e. The summed E-state index contributed by atoms with van der Waals surface area (Å²) in [7, 11) is 0. The molecule has 7 atom stereocenters. The van der Waals surface area contributed by atoms with Gasteiger partial charge in [0.25, 0.3) is 0 Å². The molecule has 9 heteroatoms. The number of allylic oxidation sites excluding steroid dienone is 1. The lowest BCUT2D eigenvalue weighted by Crippen LogP contribution is -2.60. The zero-order chi connectivity index (χ0) is 32.4. The van der Waals surface area contributed by atoms with Crippen LogP contribution in [0.1, 0.15) is 149 Å². The first-order chi connectivity index (χ1) is 21.3. The highest BCUT2D eigenvalue weighted by Crippen LogP contribution is 2.22. The molecule has 0 spiro atoms. The predicted octanol–water partition coefficient (Wildman–Crippen LogP) is 5.44. The molecular weight excluding hydrogens is 562 g/mol. The Morgan fingerprint density at radius 1 is 0.750 bits per heavy atom. The Morgan fingerprint density at radius 2 is 1.25 bits per heavy atom. The second kappa shape index (κ2) is 27.1. The number of hydrogen-bond acceptors (Lipinski definition) is 8. The molecule has 44 heavy (non-hydrogen) atoms. The summed E-state index contributed by atoms with van der Waals surface area (Å²) in [5.41, 5.74) is 0. The molecule has 260 valence electrons. The van der Waals surface area contributed by atoms with Crippen LogP contribution in [0.2, 0.25) is 0 Å². The lowest BCUT2D eigenvalue weighted by molar-refractivity contribution is -0.302. The Balaban J connectivity index is 2.49. The van der Waals surface area contributed by atoms with E-state index in [1.807, 2.05) is 6.08 Å². The third-order valence-corrected chi connectivity index (χ3v) is 8.61. The average molecular weight is 630 g/mol. The van der Waals surface area contributed by atoms with Crippen LogP contribution < -0.4 is 5.32 Å². The summed E-state index contributed by atoms with van der Waals surface area (Å²) < 4.78 is 11.1. The fourth-order valence-electron chi connectivity index (χ4n) is 5.62. The molecule has 0 radical (unpaired) electrons. The molecule has 2 unspecified atom stereocenters. The zero-order valence-electron chi connectivity index (χ0n) is 27.9. The Bertz CT molecular complexity index is 706. The van der Waals surface area contributed by atoms with Crippen molar-refractivity contribution >= 4 is 5.91 Å². The smallest absolute Gasteiger partial charge is 0.220 e. The van der Waals surface area contributed by atoms with Gasteiger partial charge in [0.1, 0.15) is 24.4 Å². The summed E-state index contributed by atoms with van der Waals surface area (Å²) in [6.07, 6.45) is 19.7. The lowest BCUT2D eigenvalue weighted by atomic mass is 9.99. The molecule has 6 N–H and O–H groups in total. The maximum Gasteiger partial charge on any atom is 0.220 e. The van der Waals surface area contributed by atoms with E-state index in [-0.39, 0.29) is 12.5 Å². The quantitative estimate of drug-likeness (QED) is 0.0495. The highest BCUT2D eigenvalue weighted by atomic mass is 16.7. The summed E-state index contributed by atoms with van der Waals surface area (Å²) in [6, 6.07) is -0.794. The predicted molar refractivity (Wildman–Crippen MR) is 175 cm³/mol. The molecule has 0 aromatic heterocycles. The second-order valence-electron chi connectivity index (χ2n) is 12.7. The Morgan fingerprint density at radius 3 is 1.77 bits per heavy atom. The number of amides is 1. The Labute approximate surface area is 267 Å². The number of unbranched alkanes of at least 4 members (excludes halogenated alkanes) is 18. The molecule has 1 aliphatic heterocycles.